The predicted octanol–water partition coefficient (Wildman–Crippen LogP) is 2.96. The average molecular weight is 341 g/mol. The lowest BCUT2D eigenvalue weighted by molar-refractivity contribution is -0.114. The molecule has 0 bridgehead atoms. The minimum absolute atomic E-state index is 0.0792. The largest absolute Gasteiger partial charge is 0.495 e. The summed E-state index contributed by atoms with van der Waals surface area (Å²) in [7, 11) is 1.63. The van der Waals surface area contributed by atoms with Crippen LogP contribution < -0.4 is 15.4 Å². The third kappa shape index (κ3) is 3.73. The standard InChI is InChI=1S/C15H21BrN2O2/c1-10(19)18-15-12(8-11-4-3-7-17-9-11)13(16)5-6-14(15)20-2/h5-6,11,17H,3-4,7-9H2,1-2H3,(H,18,19). The van der Waals surface area contributed by atoms with Crippen LogP contribution in [0.1, 0.15) is 25.3 Å². The van der Waals surface area contributed by atoms with Crippen molar-refractivity contribution >= 4 is 27.5 Å². The van der Waals surface area contributed by atoms with Crippen molar-refractivity contribution in [3.05, 3.63) is 22.2 Å². The molecule has 1 unspecified atom stereocenters. The molecule has 5 heteroatoms. The van der Waals surface area contributed by atoms with Gasteiger partial charge in [-0.25, -0.2) is 0 Å². The molecule has 0 radical (unpaired) electrons. The summed E-state index contributed by atoms with van der Waals surface area (Å²) in [5.41, 5.74) is 1.91. The molecule has 1 aliphatic heterocycles. The predicted molar refractivity (Wildman–Crippen MR) is 84.3 cm³/mol. The maximum atomic E-state index is 11.4. The van der Waals surface area contributed by atoms with E-state index in [1.54, 1.807) is 7.11 Å². The molecule has 1 atom stereocenters. The van der Waals surface area contributed by atoms with Crippen LogP contribution in [0.25, 0.3) is 0 Å². The van der Waals surface area contributed by atoms with Gasteiger partial charge in [-0.1, -0.05) is 15.9 Å². The lowest BCUT2D eigenvalue weighted by atomic mass is 9.91. The molecule has 0 aliphatic carbocycles. The van der Waals surface area contributed by atoms with E-state index < -0.39 is 0 Å². The monoisotopic (exact) mass is 340 g/mol. The van der Waals surface area contributed by atoms with Crippen molar-refractivity contribution in [2.24, 2.45) is 5.92 Å². The zero-order chi connectivity index (χ0) is 14.5. The van der Waals surface area contributed by atoms with Crippen LogP contribution in [0, 0.1) is 5.92 Å². The molecule has 0 aromatic heterocycles. The van der Waals surface area contributed by atoms with Crippen molar-refractivity contribution in [2.75, 3.05) is 25.5 Å². The first kappa shape index (κ1) is 15.3. The zero-order valence-electron chi connectivity index (χ0n) is 12.0. The van der Waals surface area contributed by atoms with E-state index in [-0.39, 0.29) is 5.91 Å². The van der Waals surface area contributed by atoms with Crippen LogP contribution in [-0.2, 0) is 11.2 Å². The number of halogens is 1. The highest BCUT2D eigenvalue weighted by atomic mass is 79.9. The molecule has 1 fully saturated rings. The fraction of sp³-hybridized carbons (Fsp3) is 0.533. The van der Waals surface area contributed by atoms with Gasteiger partial charge in [0.05, 0.1) is 12.8 Å². The third-order valence-electron chi connectivity index (χ3n) is 3.63. The van der Waals surface area contributed by atoms with E-state index in [1.807, 2.05) is 12.1 Å². The third-order valence-corrected chi connectivity index (χ3v) is 4.37. The molecule has 1 heterocycles. The van der Waals surface area contributed by atoms with Crippen LogP contribution in [0.2, 0.25) is 0 Å². The molecule has 1 aliphatic rings. The smallest absolute Gasteiger partial charge is 0.221 e. The minimum Gasteiger partial charge on any atom is -0.495 e. The van der Waals surface area contributed by atoms with Gasteiger partial charge in [0, 0.05) is 11.4 Å². The molecule has 1 amide bonds. The Kier molecular flexibility index (Phi) is 5.43. The van der Waals surface area contributed by atoms with Crippen LogP contribution >= 0.6 is 15.9 Å². The zero-order valence-corrected chi connectivity index (χ0v) is 13.5. The number of hydrogen-bond donors (Lipinski definition) is 2. The highest BCUT2D eigenvalue weighted by Gasteiger charge is 2.20. The molecule has 1 aromatic carbocycles. The first-order chi connectivity index (χ1) is 9.61. The summed E-state index contributed by atoms with van der Waals surface area (Å²) in [6, 6.07) is 3.85. The van der Waals surface area contributed by atoms with Crippen LogP contribution in [0.3, 0.4) is 0 Å². The Labute approximate surface area is 128 Å². The number of hydrogen-bond acceptors (Lipinski definition) is 3. The van der Waals surface area contributed by atoms with E-state index in [4.69, 9.17) is 4.74 Å². The van der Waals surface area contributed by atoms with Gasteiger partial charge < -0.3 is 15.4 Å². The molecule has 4 nitrogen and oxygen atoms in total. The van der Waals surface area contributed by atoms with Crippen molar-refractivity contribution in [3.8, 4) is 5.75 Å². The summed E-state index contributed by atoms with van der Waals surface area (Å²) in [5.74, 6) is 1.23. The van der Waals surface area contributed by atoms with Crippen molar-refractivity contribution in [1.29, 1.82) is 0 Å². The summed E-state index contributed by atoms with van der Waals surface area (Å²) in [5, 5.41) is 6.34. The molecule has 20 heavy (non-hydrogen) atoms. The van der Waals surface area contributed by atoms with E-state index in [2.05, 4.69) is 26.6 Å². The number of anilines is 1. The van der Waals surface area contributed by atoms with Crippen molar-refractivity contribution in [3.63, 3.8) is 0 Å². The van der Waals surface area contributed by atoms with Crippen LogP contribution in [0.4, 0.5) is 5.69 Å². The Hall–Kier alpha value is -1.07. The van der Waals surface area contributed by atoms with E-state index in [0.29, 0.717) is 11.7 Å². The van der Waals surface area contributed by atoms with Crippen LogP contribution in [-0.4, -0.2) is 26.1 Å². The van der Waals surface area contributed by atoms with Gasteiger partial charge in [-0.2, -0.15) is 0 Å². The quantitative estimate of drug-likeness (QED) is 0.885. The van der Waals surface area contributed by atoms with E-state index in [1.165, 1.54) is 19.8 Å². The molecule has 1 saturated heterocycles. The van der Waals surface area contributed by atoms with E-state index >= 15 is 0 Å². The van der Waals surface area contributed by atoms with Crippen LogP contribution in [0.15, 0.2) is 16.6 Å². The average Bonchev–Trinajstić information content (AvgIpc) is 2.44. The summed E-state index contributed by atoms with van der Waals surface area (Å²) in [4.78, 5) is 11.4. The van der Waals surface area contributed by atoms with Crippen molar-refractivity contribution < 1.29 is 9.53 Å². The Bertz CT molecular complexity index is 485. The highest BCUT2D eigenvalue weighted by molar-refractivity contribution is 9.10. The molecule has 1 aromatic rings. The summed E-state index contributed by atoms with van der Waals surface area (Å²) >= 11 is 3.60. The van der Waals surface area contributed by atoms with E-state index in [0.717, 1.165) is 35.2 Å². The summed E-state index contributed by atoms with van der Waals surface area (Å²) in [6.45, 7) is 3.66. The summed E-state index contributed by atoms with van der Waals surface area (Å²) in [6.07, 6.45) is 3.36. The molecular formula is C15H21BrN2O2. The highest BCUT2D eigenvalue weighted by Crippen LogP contribution is 2.36. The Morgan fingerprint density at radius 2 is 2.35 bits per heavy atom. The number of carbonyl (C=O) groups is 1. The van der Waals surface area contributed by atoms with Gasteiger partial charge in [0.1, 0.15) is 5.75 Å². The topological polar surface area (TPSA) is 50.4 Å². The molecule has 2 rings (SSSR count). The number of rotatable bonds is 4. The van der Waals surface area contributed by atoms with Gasteiger partial charge in [0.2, 0.25) is 5.91 Å². The second kappa shape index (κ2) is 7.09. The number of amides is 1. The van der Waals surface area contributed by atoms with Gasteiger partial charge in [-0.3, -0.25) is 4.79 Å². The molecule has 0 spiro atoms. The molecule has 110 valence electrons. The minimum atomic E-state index is -0.0792. The number of carbonyl (C=O) groups excluding carboxylic acids is 1. The molecule has 0 saturated carbocycles. The normalized spacial score (nSPS) is 18.6. The van der Waals surface area contributed by atoms with Gasteiger partial charge in [-0.15, -0.1) is 0 Å². The van der Waals surface area contributed by atoms with Gasteiger partial charge >= 0.3 is 0 Å². The SMILES string of the molecule is COc1ccc(Br)c(CC2CCCNC2)c1NC(C)=O. The Morgan fingerprint density at radius 3 is 2.95 bits per heavy atom. The number of piperidine rings is 1. The molecule has 2 N–H and O–H groups in total. The Balaban J connectivity index is 2.30. The second-order valence-corrected chi connectivity index (χ2v) is 6.06. The fourth-order valence-corrected chi connectivity index (χ4v) is 3.16. The van der Waals surface area contributed by atoms with Gasteiger partial charge in [-0.05, 0) is 56.0 Å². The first-order valence-corrected chi connectivity index (χ1v) is 7.74. The number of nitrogens with one attached hydrogen (secondary N) is 2. The van der Waals surface area contributed by atoms with E-state index in [9.17, 15) is 4.79 Å². The second-order valence-electron chi connectivity index (χ2n) is 5.20. The molecular weight excluding hydrogens is 320 g/mol. The van der Waals surface area contributed by atoms with Gasteiger partial charge in [0.25, 0.3) is 0 Å². The fourth-order valence-electron chi connectivity index (χ4n) is 2.67. The summed E-state index contributed by atoms with van der Waals surface area (Å²) < 4.78 is 6.40. The maximum Gasteiger partial charge on any atom is 0.221 e. The maximum absolute atomic E-state index is 11.4. The van der Waals surface area contributed by atoms with Gasteiger partial charge in [0.15, 0.2) is 0 Å². The lowest BCUT2D eigenvalue weighted by Crippen LogP contribution is -2.31. The number of benzene rings is 1. The lowest BCUT2D eigenvalue weighted by Gasteiger charge is -2.25. The number of ether oxygens (including phenoxy) is 1. The van der Waals surface area contributed by atoms with Crippen LogP contribution in [0.5, 0.6) is 5.75 Å². The van der Waals surface area contributed by atoms with Crippen molar-refractivity contribution in [2.45, 2.75) is 26.2 Å². The number of methoxy groups -OCH3 is 1. The van der Waals surface area contributed by atoms with Crippen molar-refractivity contribution in [1.82, 2.24) is 5.32 Å². The first-order valence-electron chi connectivity index (χ1n) is 6.95. The Morgan fingerprint density at radius 1 is 1.55 bits per heavy atom.